The van der Waals surface area contributed by atoms with E-state index in [1.54, 1.807) is 0 Å². The number of rotatable bonds is 5. The molecule has 0 radical (unpaired) electrons. The van der Waals surface area contributed by atoms with Crippen molar-refractivity contribution in [2.75, 3.05) is 12.3 Å². The van der Waals surface area contributed by atoms with Crippen molar-refractivity contribution in [2.24, 2.45) is 0 Å². The van der Waals surface area contributed by atoms with Crippen LogP contribution in [0.25, 0.3) is 0 Å². The molecule has 0 aliphatic heterocycles. The van der Waals surface area contributed by atoms with E-state index in [0.717, 1.165) is 31.8 Å². The number of hydrogen-bond acceptors (Lipinski definition) is 3. The summed E-state index contributed by atoms with van der Waals surface area (Å²) in [5.41, 5.74) is 8.22. The summed E-state index contributed by atoms with van der Waals surface area (Å²) < 4.78 is 1.81. The summed E-state index contributed by atoms with van der Waals surface area (Å²) in [6.45, 7) is 3.39. The Labute approximate surface area is 145 Å². The smallest absolute Gasteiger partial charge is 0.256 e. The van der Waals surface area contributed by atoms with Gasteiger partial charge in [0.15, 0.2) is 0 Å². The van der Waals surface area contributed by atoms with Crippen molar-refractivity contribution in [3.05, 3.63) is 49.0 Å². The van der Waals surface area contributed by atoms with Gasteiger partial charge in [0, 0.05) is 18.8 Å². The van der Waals surface area contributed by atoms with E-state index in [2.05, 4.69) is 38.8 Å². The Hall–Kier alpha value is -0.850. The van der Waals surface area contributed by atoms with Gasteiger partial charge in [0.25, 0.3) is 5.91 Å². The lowest BCUT2D eigenvalue weighted by Crippen LogP contribution is -2.31. The van der Waals surface area contributed by atoms with Gasteiger partial charge in [0.05, 0.1) is 13.1 Å². The number of carbonyl (C=O) groups is 1. The quantitative estimate of drug-likeness (QED) is 0.683. The number of anilines is 1. The van der Waals surface area contributed by atoms with Crippen molar-refractivity contribution in [1.29, 1.82) is 0 Å². The van der Waals surface area contributed by atoms with Crippen LogP contribution in [-0.4, -0.2) is 17.4 Å². The maximum atomic E-state index is 12.7. The zero-order valence-electron chi connectivity index (χ0n) is 11.6. The fourth-order valence-electron chi connectivity index (χ4n) is 2.02. The van der Waals surface area contributed by atoms with Crippen LogP contribution >= 0.6 is 43.2 Å². The third-order valence-electron chi connectivity index (χ3n) is 3.02. The third kappa shape index (κ3) is 4.31. The number of thiophene rings is 1. The second-order valence-corrected chi connectivity index (χ2v) is 8.46. The van der Waals surface area contributed by atoms with Crippen LogP contribution in [0.1, 0.15) is 29.3 Å². The molecule has 1 heterocycles. The number of hydrogen-bond donors (Lipinski definition) is 1. The minimum atomic E-state index is 0.0440. The molecule has 0 atom stereocenters. The first-order chi connectivity index (χ1) is 10.0. The summed E-state index contributed by atoms with van der Waals surface area (Å²) in [5.74, 6) is 0.0440. The number of halogens is 2. The zero-order chi connectivity index (χ0) is 15.4. The van der Waals surface area contributed by atoms with Crippen LogP contribution in [0.5, 0.6) is 0 Å². The minimum absolute atomic E-state index is 0.0440. The number of carbonyl (C=O) groups excluding carboxylic acids is 1. The standard InChI is InChI=1S/C15H16Br2N2OS/c1-2-7-19(9-10-3-5-11(18)6-4-10)15(20)12-8-13(16)21-14(12)17/h3-6,8H,2,7,9,18H2,1H3. The Bertz CT molecular complexity index is 625. The van der Waals surface area contributed by atoms with Gasteiger partial charge < -0.3 is 10.6 Å². The molecule has 1 aromatic heterocycles. The summed E-state index contributed by atoms with van der Waals surface area (Å²) in [4.78, 5) is 14.6. The lowest BCUT2D eigenvalue weighted by Gasteiger charge is -2.22. The molecule has 0 bridgehead atoms. The topological polar surface area (TPSA) is 46.3 Å². The lowest BCUT2D eigenvalue weighted by molar-refractivity contribution is 0.0743. The molecule has 2 aromatic rings. The van der Waals surface area contributed by atoms with Crippen molar-refractivity contribution in [3.63, 3.8) is 0 Å². The zero-order valence-corrected chi connectivity index (χ0v) is 15.6. The number of amides is 1. The Kier molecular flexibility index (Phi) is 5.84. The molecule has 0 aliphatic carbocycles. The highest BCUT2D eigenvalue weighted by Gasteiger charge is 2.20. The van der Waals surface area contributed by atoms with E-state index in [-0.39, 0.29) is 5.91 Å². The fraction of sp³-hybridized carbons (Fsp3) is 0.267. The van der Waals surface area contributed by atoms with Crippen LogP contribution in [0.4, 0.5) is 5.69 Å². The molecule has 0 aliphatic rings. The Morgan fingerprint density at radius 3 is 2.48 bits per heavy atom. The van der Waals surface area contributed by atoms with Gasteiger partial charge in [-0.3, -0.25) is 4.79 Å². The van der Waals surface area contributed by atoms with Crippen molar-refractivity contribution in [2.45, 2.75) is 19.9 Å². The van der Waals surface area contributed by atoms with Gasteiger partial charge in [0.2, 0.25) is 0 Å². The third-order valence-corrected chi connectivity index (χ3v) is 5.36. The first-order valence-electron chi connectivity index (χ1n) is 6.59. The molecule has 6 heteroatoms. The molecule has 1 amide bonds. The van der Waals surface area contributed by atoms with E-state index in [1.807, 2.05) is 35.2 Å². The minimum Gasteiger partial charge on any atom is -0.399 e. The van der Waals surface area contributed by atoms with Crippen molar-refractivity contribution in [1.82, 2.24) is 4.90 Å². The average Bonchev–Trinajstić information content (AvgIpc) is 2.79. The Morgan fingerprint density at radius 1 is 1.29 bits per heavy atom. The highest BCUT2D eigenvalue weighted by molar-refractivity contribution is 9.12. The molecular formula is C15H16Br2N2OS. The first kappa shape index (κ1) is 16.5. The molecule has 2 rings (SSSR count). The van der Waals surface area contributed by atoms with E-state index in [4.69, 9.17) is 5.73 Å². The van der Waals surface area contributed by atoms with Gasteiger partial charge >= 0.3 is 0 Å². The maximum Gasteiger partial charge on any atom is 0.256 e. The lowest BCUT2D eigenvalue weighted by atomic mass is 10.1. The van der Waals surface area contributed by atoms with E-state index in [1.165, 1.54) is 11.3 Å². The van der Waals surface area contributed by atoms with Crippen molar-refractivity contribution < 1.29 is 4.79 Å². The van der Waals surface area contributed by atoms with Crippen LogP contribution in [0.2, 0.25) is 0 Å². The summed E-state index contributed by atoms with van der Waals surface area (Å²) in [6, 6.07) is 9.51. The molecule has 3 nitrogen and oxygen atoms in total. The molecular weight excluding hydrogens is 416 g/mol. The van der Waals surface area contributed by atoms with Crippen LogP contribution in [0.3, 0.4) is 0 Å². The average molecular weight is 432 g/mol. The van der Waals surface area contributed by atoms with E-state index < -0.39 is 0 Å². The fourth-order valence-corrected chi connectivity index (χ4v) is 4.80. The molecule has 112 valence electrons. The van der Waals surface area contributed by atoms with Gasteiger partial charge in [-0.05, 0) is 62.0 Å². The summed E-state index contributed by atoms with van der Waals surface area (Å²) in [6.07, 6.45) is 0.920. The number of nitrogens with zero attached hydrogens (tertiary/aromatic N) is 1. The number of nitrogens with two attached hydrogens (primary N) is 1. The summed E-state index contributed by atoms with van der Waals surface area (Å²) in [5, 5.41) is 0. The van der Waals surface area contributed by atoms with Crippen LogP contribution < -0.4 is 5.73 Å². The van der Waals surface area contributed by atoms with Crippen LogP contribution in [0, 0.1) is 0 Å². The van der Waals surface area contributed by atoms with Gasteiger partial charge in [-0.1, -0.05) is 19.1 Å². The van der Waals surface area contributed by atoms with Crippen molar-refractivity contribution in [3.8, 4) is 0 Å². The van der Waals surface area contributed by atoms with Gasteiger partial charge in [-0.25, -0.2) is 0 Å². The maximum absolute atomic E-state index is 12.7. The van der Waals surface area contributed by atoms with Crippen molar-refractivity contribution >= 4 is 54.8 Å². The Morgan fingerprint density at radius 2 is 1.95 bits per heavy atom. The number of benzene rings is 1. The molecule has 0 fully saturated rings. The molecule has 0 saturated heterocycles. The predicted octanol–water partition coefficient (Wildman–Crippen LogP) is 4.91. The summed E-state index contributed by atoms with van der Waals surface area (Å²) >= 11 is 8.39. The van der Waals surface area contributed by atoms with Gasteiger partial charge in [0.1, 0.15) is 0 Å². The number of nitrogen functional groups attached to an aromatic ring is 1. The normalized spacial score (nSPS) is 10.6. The molecule has 0 spiro atoms. The highest BCUT2D eigenvalue weighted by atomic mass is 79.9. The SMILES string of the molecule is CCCN(Cc1ccc(N)cc1)C(=O)c1cc(Br)sc1Br. The van der Waals surface area contributed by atoms with Crippen LogP contribution in [0.15, 0.2) is 37.9 Å². The van der Waals surface area contributed by atoms with Crippen LogP contribution in [-0.2, 0) is 6.54 Å². The largest absolute Gasteiger partial charge is 0.399 e. The van der Waals surface area contributed by atoms with E-state index in [0.29, 0.717) is 12.1 Å². The predicted molar refractivity (Wildman–Crippen MR) is 95.6 cm³/mol. The molecule has 0 unspecified atom stereocenters. The van der Waals surface area contributed by atoms with Gasteiger partial charge in [-0.15, -0.1) is 11.3 Å². The van der Waals surface area contributed by atoms with E-state index in [9.17, 15) is 4.79 Å². The monoisotopic (exact) mass is 430 g/mol. The molecule has 0 saturated carbocycles. The second-order valence-electron chi connectivity index (χ2n) is 4.71. The second kappa shape index (κ2) is 7.42. The van der Waals surface area contributed by atoms with E-state index >= 15 is 0 Å². The Balaban J connectivity index is 2.20. The molecule has 1 aromatic carbocycles. The highest BCUT2D eigenvalue weighted by Crippen LogP contribution is 2.32. The molecule has 21 heavy (non-hydrogen) atoms. The first-order valence-corrected chi connectivity index (χ1v) is 9.00. The summed E-state index contributed by atoms with van der Waals surface area (Å²) in [7, 11) is 0. The van der Waals surface area contributed by atoms with Gasteiger partial charge in [-0.2, -0.15) is 0 Å². The molecule has 2 N–H and O–H groups in total.